The molecule has 3 heteroatoms. The second-order valence-electron chi connectivity index (χ2n) is 2.35. The average Bonchev–Trinajstić information content (AvgIpc) is 2.02. The van der Waals surface area contributed by atoms with Gasteiger partial charge in [0.2, 0.25) is 0 Å². The van der Waals surface area contributed by atoms with Crippen LogP contribution < -0.4 is 0 Å². The van der Waals surface area contributed by atoms with Gasteiger partial charge in [0.1, 0.15) is 0 Å². The Labute approximate surface area is 72.2 Å². The van der Waals surface area contributed by atoms with E-state index in [4.69, 9.17) is 10.2 Å². The number of phenols is 2. The van der Waals surface area contributed by atoms with Gasteiger partial charge in [0.25, 0.3) is 0 Å². The second-order valence-corrected chi connectivity index (χ2v) is 2.35. The van der Waals surface area contributed by atoms with E-state index < -0.39 is 0 Å². The summed E-state index contributed by atoms with van der Waals surface area (Å²) in [7, 11) is 3.25. The van der Waals surface area contributed by atoms with Gasteiger partial charge in [-0.25, -0.2) is 0 Å². The van der Waals surface area contributed by atoms with Gasteiger partial charge in [-0.05, 0) is 18.6 Å². The summed E-state index contributed by atoms with van der Waals surface area (Å²) >= 11 is 0. The molecule has 0 unspecified atom stereocenters. The van der Waals surface area contributed by atoms with E-state index in [1.165, 1.54) is 6.07 Å². The third-order valence-corrected chi connectivity index (χ3v) is 1.22. The molecule has 1 aromatic carbocycles. The summed E-state index contributed by atoms with van der Waals surface area (Å²) in [6, 6.07) is 4.86. The van der Waals surface area contributed by atoms with Crippen molar-refractivity contribution in [1.29, 1.82) is 0 Å². The molecule has 0 atom stereocenters. The molecular weight excluding hydrogens is 156 g/mol. The van der Waals surface area contributed by atoms with Crippen molar-refractivity contribution < 1.29 is 14.9 Å². The molecule has 2 N–H and O–H groups in total. The van der Waals surface area contributed by atoms with E-state index in [2.05, 4.69) is 4.74 Å². The Morgan fingerprint density at radius 3 is 2.00 bits per heavy atom. The molecule has 0 saturated heterocycles. The largest absolute Gasteiger partial charge is 0.504 e. The number of methoxy groups -OCH3 is 1. The van der Waals surface area contributed by atoms with Crippen LogP contribution in [0.4, 0.5) is 0 Å². The molecular formula is C9H14O3. The van der Waals surface area contributed by atoms with Crippen molar-refractivity contribution in [3.8, 4) is 11.5 Å². The molecule has 0 amide bonds. The first-order valence-corrected chi connectivity index (χ1v) is 3.51. The topological polar surface area (TPSA) is 49.7 Å². The van der Waals surface area contributed by atoms with E-state index in [0.29, 0.717) is 5.56 Å². The van der Waals surface area contributed by atoms with E-state index >= 15 is 0 Å². The molecule has 0 saturated carbocycles. The van der Waals surface area contributed by atoms with Gasteiger partial charge in [-0.15, -0.1) is 0 Å². The zero-order valence-electron chi connectivity index (χ0n) is 7.53. The van der Waals surface area contributed by atoms with Gasteiger partial charge in [-0.3, -0.25) is 0 Å². The fraction of sp³-hybridized carbons (Fsp3) is 0.333. The van der Waals surface area contributed by atoms with Crippen LogP contribution >= 0.6 is 0 Å². The van der Waals surface area contributed by atoms with E-state index in [-0.39, 0.29) is 11.5 Å². The standard InChI is InChI=1S/C7H8O2.C2H6O/c1-5-3-2-4-6(8)7(5)9;1-3-2/h2-4,8-9H,1H3;1-2H3. The molecule has 0 fully saturated rings. The Morgan fingerprint density at radius 1 is 1.17 bits per heavy atom. The van der Waals surface area contributed by atoms with Crippen LogP contribution in [0.3, 0.4) is 0 Å². The van der Waals surface area contributed by atoms with Crippen molar-refractivity contribution in [3.63, 3.8) is 0 Å². The Balaban J connectivity index is 0.000000354. The van der Waals surface area contributed by atoms with Crippen LogP contribution in [0.25, 0.3) is 0 Å². The lowest BCUT2D eigenvalue weighted by atomic mass is 10.2. The predicted octanol–water partition coefficient (Wildman–Crippen LogP) is 1.67. The highest BCUT2D eigenvalue weighted by atomic mass is 16.4. The molecule has 0 aliphatic carbocycles. The van der Waals surface area contributed by atoms with E-state index in [9.17, 15) is 0 Å². The first-order chi connectivity index (χ1) is 5.63. The average molecular weight is 170 g/mol. The number of hydrogen-bond donors (Lipinski definition) is 2. The number of benzene rings is 1. The summed E-state index contributed by atoms with van der Waals surface area (Å²) in [4.78, 5) is 0. The van der Waals surface area contributed by atoms with Crippen LogP contribution in [0.2, 0.25) is 0 Å². The van der Waals surface area contributed by atoms with Crippen LogP contribution in [0.15, 0.2) is 18.2 Å². The zero-order valence-corrected chi connectivity index (χ0v) is 7.53. The highest BCUT2D eigenvalue weighted by Crippen LogP contribution is 2.26. The summed E-state index contributed by atoms with van der Waals surface area (Å²) in [6.07, 6.45) is 0. The van der Waals surface area contributed by atoms with Crippen LogP contribution in [0.1, 0.15) is 5.56 Å². The minimum Gasteiger partial charge on any atom is -0.504 e. The molecule has 3 nitrogen and oxygen atoms in total. The fourth-order valence-electron chi connectivity index (χ4n) is 0.643. The lowest BCUT2D eigenvalue weighted by Gasteiger charge is -1.97. The third kappa shape index (κ3) is 3.25. The van der Waals surface area contributed by atoms with Crippen molar-refractivity contribution in [2.75, 3.05) is 14.2 Å². The third-order valence-electron chi connectivity index (χ3n) is 1.22. The van der Waals surface area contributed by atoms with Crippen molar-refractivity contribution in [2.24, 2.45) is 0 Å². The van der Waals surface area contributed by atoms with Gasteiger partial charge in [0.15, 0.2) is 11.5 Å². The van der Waals surface area contributed by atoms with Gasteiger partial charge < -0.3 is 14.9 Å². The Bertz CT molecular complexity index is 213. The van der Waals surface area contributed by atoms with Gasteiger partial charge in [0.05, 0.1) is 0 Å². The van der Waals surface area contributed by atoms with Gasteiger partial charge in [-0.1, -0.05) is 12.1 Å². The molecule has 12 heavy (non-hydrogen) atoms. The minimum atomic E-state index is -0.0602. The Morgan fingerprint density at radius 2 is 1.67 bits per heavy atom. The first-order valence-electron chi connectivity index (χ1n) is 3.51. The summed E-state index contributed by atoms with van der Waals surface area (Å²) < 4.78 is 4.25. The molecule has 0 bridgehead atoms. The van der Waals surface area contributed by atoms with Crippen LogP contribution in [0, 0.1) is 6.92 Å². The second kappa shape index (κ2) is 5.43. The highest BCUT2D eigenvalue weighted by Gasteiger charge is 1.98. The SMILES string of the molecule is COC.Cc1cccc(O)c1O. The number of para-hydroxylation sites is 1. The van der Waals surface area contributed by atoms with Crippen molar-refractivity contribution in [3.05, 3.63) is 23.8 Å². The molecule has 1 rings (SSSR count). The first kappa shape index (κ1) is 10.8. The molecule has 0 aliphatic rings. The molecule has 68 valence electrons. The van der Waals surface area contributed by atoms with Gasteiger partial charge in [-0.2, -0.15) is 0 Å². The van der Waals surface area contributed by atoms with Gasteiger partial charge in [0, 0.05) is 14.2 Å². The predicted molar refractivity (Wildman–Crippen MR) is 47.4 cm³/mol. The Kier molecular flexibility index (Phi) is 4.88. The molecule has 0 aliphatic heterocycles. The van der Waals surface area contributed by atoms with Crippen LogP contribution in [-0.2, 0) is 4.74 Å². The molecule has 1 aromatic rings. The molecule has 0 radical (unpaired) electrons. The zero-order chi connectivity index (χ0) is 9.56. The maximum absolute atomic E-state index is 8.96. The highest BCUT2D eigenvalue weighted by molar-refractivity contribution is 5.43. The quantitative estimate of drug-likeness (QED) is 0.582. The summed E-state index contributed by atoms with van der Waals surface area (Å²) in [5, 5.41) is 17.8. The van der Waals surface area contributed by atoms with E-state index in [0.717, 1.165) is 0 Å². The normalized spacial score (nSPS) is 8.58. The smallest absolute Gasteiger partial charge is 0.160 e. The lowest BCUT2D eigenvalue weighted by Crippen LogP contribution is -1.72. The molecule has 0 heterocycles. The summed E-state index contributed by atoms with van der Waals surface area (Å²) in [6.45, 7) is 1.73. The molecule has 0 spiro atoms. The number of aryl methyl sites for hydroxylation is 1. The number of ether oxygens (including phenoxy) is 1. The summed E-state index contributed by atoms with van der Waals surface area (Å²) in [5.74, 6) is -0.0903. The van der Waals surface area contributed by atoms with Crippen molar-refractivity contribution in [1.82, 2.24) is 0 Å². The summed E-state index contributed by atoms with van der Waals surface area (Å²) in [5.41, 5.74) is 0.690. The van der Waals surface area contributed by atoms with Gasteiger partial charge >= 0.3 is 0 Å². The number of hydrogen-bond acceptors (Lipinski definition) is 3. The van der Waals surface area contributed by atoms with Crippen LogP contribution in [0.5, 0.6) is 11.5 Å². The number of phenolic OH excluding ortho intramolecular Hbond substituents is 2. The fourth-order valence-corrected chi connectivity index (χ4v) is 0.643. The van der Waals surface area contributed by atoms with Crippen LogP contribution in [-0.4, -0.2) is 24.4 Å². The molecule has 0 aromatic heterocycles. The van der Waals surface area contributed by atoms with Crippen molar-refractivity contribution in [2.45, 2.75) is 6.92 Å². The Hall–Kier alpha value is -1.22. The maximum Gasteiger partial charge on any atom is 0.160 e. The minimum absolute atomic E-state index is 0.0301. The maximum atomic E-state index is 8.96. The monoisotopic (exact) mass is 170 g/mol. The van der Waals surface area contributed by atoms with E-state index in [1.807, 2.05) is 0 Å². The van der Waals surface area contributed by atoms with Crippen molar-refractivity contribution >= 4 is 0 Å². The van der Waals surface area contributed by atoms with E-state index in [1.54, 1.807) is 33.3 Å². The lowest BCUT2D eigenvalue weighted by molar-refractivity contribution is 0.277. The number of rotatable bonds is 0. The number of aromatic hydroxyl groups is 2.